The van der Waals surface area contributed by atoms with Crippen molar-refractivity contribution in [3.63, 3.8) is 0 Å². The van der Waals surface area contributed by atoms with Crippen molar-refractivity contribution in [1.82, 2.24) is 0 Å². The number of carbonyl (C=O) groups excluding carboxylic acids is 1. The van der Waals surface area contributed by atoms with Crippen LogP contribution in [0.2, 0.25) is 0 Å². The minimum atomic E-state index is -0.306. The molecule has 0 atom stereocenters. The van der Waals surface area contributed by atoms with E-state index in [1.807, 2.05) is 25.1 Å². The molecule has 1 aromatic rings. The van der Waals surface area contributed by atoms with Crippen LogP contribution in [-0.2, 0) is 11.2 Å². The molecule has 0 saturated carbocycles. The van der Waals surface area contributed by atoms with Crippen molar-refractivity contribution >= 4 is 5.91 Å². The summed E-state index contributed by atoms with van der Waals surface area (Å²) in [6.07, 6.45) is 2.47. The fourth-order valence-electron chi connectivity index (χ4n) is 1.51. The maximum Gasteiger partial charge on any atom is 0.221 e. The molecule has 0 aliphatic carbocycles. The lowest BCUT2D eigenvalue weighted by Crippen LogP contribution is -2.13. The largest absolute Gasteiger partial charge is 0.493 e. The SMILES string of the molecule is CCCCOc1ccc(CC(N)=O)cc1C. The summed E-state index contributed by atoms with van der Waals surface area (Å²) >= 11 is 0. The van der Waals surface area contributed by atoms with Gasteiger partial charge in [-0.05, 0) is 30.5 Å². The number of rotatable bonds is 6. The molecule has 0 bridgehead atoms. The minimum absolute atomic E-state index is 0.288. The number of benzene rings is 1. The summed E-state index contributed by atoms with van der Waals surface area (Å²) in [5.41, 5.74) is 7.13. The van der Waals surface area contributed by atoms with Crippen LogP contribution in [0.1, 0.15) is 30.9 Å². The molecule has 1 amide bonds. The first-order chi connectivity index (χ1) is 7.63. The summed E-state index contributed by atoms with van der Waals surface area (Å²) in [6, 6.07) is 5.74. The molecule has 2 N–H and O–H groups in total. The van der Waals surface area contributed by atoms with Crippen LogP contribution >= 0.6 is 0 Å². The van der Waals surface area contributed by atoms with Crippen molar-refractivity contribution in [2.24, 2.45) is 5.73 Å². The predicted octanol–water partition coefficient (Wildman–Crippen LogP) is 2.20. The van der Waals surface area contributed by atoms with Crippen molar-refractivity contribution in [1.29, 1.82) is 0 Å². The fourth-order valence-corrected chi connectivity index (χ4v) is 1.51. The van der Waals surface area contributed by atoms with Crippen LogP contribution in [0, 0.1) is 6.92 Å². The average molecular weight is 221 g/mol. The molecular weight excluding hydrogens is 202 g/mol. The first-order valence-electron chi connectivity index (χ1n) is 5.64. The normalized spacial score (nSPS) is 10.1. The molecule has 16 heavy (non-hydrogen) atoms. The fraction of sp³-hybridized carbons (Fsp3) is 0.462. The van der Waals surface area contributed by atoms with Gasteiger partial charge in [0.1, 0.15) is 5.75 Å². The van der Waals surface area contributed by atoms with E-state index >= 15 is 0 Å². The molecule has 0 radical (unpaired) electrons. The third-order valence-corrected chi connectivity index (χ3v) is 2.37. The second kappa shape index (κ2) is 6.16. The lowest BCUT2D eigenvalue weighted by atomic mass is 10.1. The lowest BCUT2D eigenvalue weighted by Gasteiger charge is -2.09. The Morgan fingerprint density at radius 2 is 2.19 bits per heavy atom. The third-order valence-electron chi connectivity index (χ3n) is 2.37. The summed E-state index contributed by atoms with van der Waals surface area (Å²) in [6.45, 7) is 4.85. The highest BCUT2D eigenvalue weighted by atomic mass is 16.5. The Bertz CT molecular complexity index is 361. The van der Waals surface area contributed by atoms with Crippen LogP contribution in [0.5, 0.6) is 5.75 Å². The number of ether oxygens (including phenoxy) is 1. The number of amides is 1. The van der Waals surface area contributed by atoms with Crippen LogP contribution in [0.3, 0.4) is 0 Å². The van der Waals surface area contributed by atoms with Gasteiger partial charge >= 0.3 is 0 Å². The Balaban J connectivity index is 2.64. The van der Waals surface area contributed by atoms with E-state index in [-0.39, 0.29) is 12.3 Å². The van der Waals surface area contributed by atoms with Crippen molar-refractivity contribution < 1.29 is 9.53 Å². The highest BCUT2D eigenvalue weighted by Gasteiger charge is 2.03. The van der Waals surface area contributed by atoms with Gasteiger partial charge < -0.3 is 10.5 Å². The zero-order valence-electron chi connectivity index (χ0n) is 9.95. The van der Waals surface area contributed by atoms with E-state index in [2.05, 4.69) is 6.92 Å². The molecule has 3 heteroatoms. The number of hydrogen-bond donors (Lipinski definition) is 1. The first kappa shape index (κ1) is 12.6. The second-order valence-corrected chi connectivity index (χ2v) is 3.94. The Hall–Kier alpha value is -1.51. The van der Waals surface area contributed by atoms with Crippen LogP contribution in [0.25, 0.3) is 0 Å². The predicted molar refractivity (Wildman–Crippen MR) is 64.5 cm³/mol. The summed E-state index contributed by atoms with van der Waals surface area (Å²) in [4.78, 5) is 10.8. The monoisotopic (exact) mass is 221 g/mol. The molecule has 0 aliphatic heterocycles. The van der Waals surface area contributed by atoms with Crippen LogP contribution < -0.4 is 10.5 Å². The molecule has 0 aliphatic rings. The highest BCUT2D eigenvalue weighted by molar-refractivity contribution is 5.76. The van der Waals surface area contributed by atoms with Crippen LogP contribution in [-0.4, -0.2) is 12.5 Å². The van der Waals surface area contributed by atoms with Gasteiger partial charge in [-0.3, -0.25) is 4.79 Å². The Labute approximate surface area is 96.6 Å². The molecule has 3 nitrogen and oxygen atoms in total. The molecule has 0 spiro atoms. The van der Waals surface area contributed by atoms with E-state index in [1.54, 1.807) is 0 Å². The van der Waals surface area contributed by atoms with Gasteiger partial charge in [0.15, 0.2) is 0 Å². The lowest BCUT2D eigenvalue weighted by molar-refractivity contribution is -0.117. The molecule has 1 aromatic carbocycles. The minimum Gasteiger partial charge on any atom is -0.493 e. The van der Waals surface area contributed by atoms with E-state index in [9.17, 15) is 4.79 Å². The molecule has 1 rings (SSSR count). The van der Waals surface area contributed by atoms with Crippen molar-refractivity contribution in [2.45, 2.75) is 33.1 Å². The standard InChI is InChI=1S/C13H19NO2/c1-3-4-7-16-12-6-5-11(8-10(12)2)9-13(14)15/h5-6,8H,3-4,7,9H2,1-2H3,(H2,14,15). The summed E-state index contributed by atoms with van der Waals surface area (Å²) < 4.78 is 5.62. The van der Waals surface area contributed by atoms with Gasteiger partial charge in [-0.25, -0.2) is 0 Å². The van der Waals surface area contributed by atoms with Gasteiger partial charge in [0.05, 0.1) is 13.0 Å². The van der Waals surface area contributed by atoms with E-state index in [0.29, 0.717) is 0 Å². The topological polar surface area (TPSA) is 52.3 Å². The summed E-state index contributed by atoms with van der Waals surface area (Å²) in [5.74, 6) is 0.584. The quantitative estimate of drug-likeness (QED) is 0.749. The second-order valence-electron chi connectivity index (χ2n) is 3.94. The average Bonchev–Trinajstić information content (AvgIpc) is 2.20. The van der Waals surface area contributed by atoms with Crippen LogP contribution in [0.15, 0.2) is 18.2 Å². The number of primary amides is 1. The number of nitrogens with two attached hydrogens (primary N) is 1. The zero-order chi connectivity index (χ0) is 12.0. The van der Waals surface area contributed by atoms with E-state index in [0.717, 1.165) is 36.3 Å². The Morgan fingerprint density at radius 1 is 1.44 bits per heavy atom. The first-order valence-corrected chi connectivity index (χ1v) is 5.64. The van der Waals surface area contributed by atoms with E-state index < -0.39 is 0 Å². The summed E-state index contributed by atoms with van der Waals surface area (Å²) in [7, 11) is 0. The van der Waals surface area contributed by atoms with Crippen LogP contribution in [0.4, 0.5) is 0 Å². The third kappa shape index (κ3) is 3.93. The summed E-state index contributed by atoms with van der Waals surface area (Å²) in [5, 5.41) is 0. The number of carbonyl (C=O) groups is 1. The van der Waals surface area contributed by atoms with Crippen molar-refractivity contribution in [3.8, 4) is 5.75 Å². The Morgan fingerprint density at radius 3 is 2.75 bits per heavy atom. The maximum atomic E-state index is 10.8. The number of unbranched alkanes of at least 4 members (excludes halogenated alkanes) is 1. The molecule has 0 fully saturated rings. The van der Waals surface area contributed by atoms with E-state index in [4.69, 9.17) is 10.5 Å². The van der Waals surface area contributed by atoms with Gasteiger partial charge in [0.25, 0.3) is 0 Å². The molecule has 0 saturated heterocycles. The molecule has 0 aromatic heterocycles. The molecule has 0 heterocycles. The van der Waals surface area contributed by atoms with Gasteiger partial charge in [0.2, 0.25) is 5.91 Å². The Kier molecular flexibility index (Phi) is 4.83. The van der Waals surface area contributed by atoms with Gasteiger partial charge in [0, 0.05) is 0 Å². The smallest absolute Gasteiger partial charge is 0.221 e. The van der Waals surface area contributed by atoms with Gasteiger partial charge in [-0.2, -0.15) is 0 Å². The zero-order valence-corrected chi connectivity index (χ0v) is 9.95. The molecule has 0 unspecified atom stereocenters. The highest BCUT2D eigenvalue weighted by Crippen LogP contribution is 2.19. The number of aryl methyl sites for hydroxylation is 1. The van der Waals surface area contributed by atoms with Crippen molar-refractivity contribution in [2.75, 3.05) is 6.61 Å². The maximum absolute atomic E-state index is 10.8. The number of hydrogen-bond acceptors (Lipinski definition) is 2. The van der Waals surface area contributed by atoms with Gasteiger partial charge in [-0.15, -0.1) is 0 Å². The van der Waals surface area contributed by atoms with Crippen molar-refractivity contribution in [3.05, 3.63) is 29.3 Å². The molecule has 88 valence electrons. The van der Waals surface area contributed by atoms with Gasteiger partial charge in [-0.1, -0.05) is 25.5 Å². The molecular formula is C13H19NO2. The van der Waals surface area contributed by atoms with E-state index in [1.165, 1.54) is 0 Å².